The molecule has 1 heterocycles. The molecule has 3 nitrogen and oxygen atoms in total. The highest BCUT2D eigenvalue weighted by molar-refractivity contribution is 9.10. The monoisotopic (exact) mass is 445 g/mol. The van der Waals surface area contributed by atoms with Gasteiger partial charge in [-0.2, -0.15) is 0 Å². The van der Waals surface area contributed by atoms with Gasteiger partial charge in [-0.25, -0.2) is 0 Å². The molecule has 3 aromatic rings. The zero-order valence-electron chi connectivity index (χ0n) is 14.6. The Hall–Kier alpha value is -1.50. The molecular weight excluding hydrogens is 426 g/mol. The Kier molecular flexibility index (Phi) is 7.00. The van der Waals surface area contributed by atoms with Crippen molar-refractivity contribution in [2.24, 2.45) is 0 Å². The number of thioether (sulfide) groups is 2. The van der Waals surface area contributed by atoms with E-state index in [1.807, 2.05) is 6.08 Å². The van der Waals surface area contributed by atoms with Crippen molar-refractivity contribution in [2.75, 3.05) is 0 Å². The molecule has 0 aliphatic carbocycles. The van der Waals surface area contributed by atoms with Crippen LogP contribution in [0, 0.1) is 6.92 Å². The normalized spacial score (nSPS) is 10.8. The fraction of sp³-hybridized carbons (Fsp3) is 0.200. The first kappa shape index (κ1) is 19.3. The van der Waals surface area contributed by atoms with E-state index in [-0.39, 0.29) is 0 Å². The number of benzene rings is 2. The van der Waals surface area contributed by atoms with Crippen LogP contribution in [0.4, 0.5) is 0 Å². The van der Waals surface area contributed by atoms with Gasteiger partial charge >= 0.3 is 0 Å². The molecule has 0 N–H and O–H groups in total. The molecule has 2 aromatic carbocycles. The molecule has 134 valence electrons. The molecule has 0 saturated carbocycles. The van der Waals surface area contributed by atoms with E-state index in [1.54, 1.807) is 23.5 Å². The van der Waals surface area contributed by atoms with Crippen molar-refractivity contribution in [3.8, 4) is 0 Å². The van der Waals surface area contributed by atoms with Crippen LogP contribution in [0.2, 0.25) is 0 Å². The molecule has 6 heteroatoms. The lowest BCUT2D eigenvalue weighted by atomic mass is 10.2. The van der Waals surface area contributed by atoms with Crippen LogP contribution in [0.5, 0.6) is 0 Å². The zero-order chi connectivity index (χ0) is 18.4. The first-order valence-corrected chi connectivity index (χ1v) is 11.0. The smallest absolute Gasteiger partial charge is 0.191 e. The average molecular weight is 446 g/mol. The van der Waals surface area contributed by atoms with Gasteiger partial charge in [0.2, 0.25) is 0 Å². The molecule has 0 fully saturated rings. The summed E-state index contributed by atoms with van der Waals surface area (Å²) < 4.78 is 3.24. The molecule has 0 spiro atoms. The molecular formula is C20H20BrN3S2. The Morgan fingerprint density at radius 1 is 1.00 bits per heavy atom. The van der Waals surface area contributed by atoms with E-state index in [0.717, 1.165) is 33.5 Å². The maximum atomic E-state index is 4.41. The molecule has 0 saturated heterocycles. The molecule has 0 aliphatic rings. The second kappa shape index (κ2) is 9.44. The standard InChI is InChI=1S/C20H20BrN3S2/c1-3-12-24-19(14-25-18-10-4-15(2)5-11-18)22-23-20(24)26-13-16-6-8-17(21)9-7-16/h3-11H,1,12-14H2,2H3. The highest BCUT2D eigenvalue weighted by atomic mass is 79.9. The van der Waals surface area contributed by atoms with Gasteiger partial charge in [0.1, 0.15) is 5.82 Å². The quantitative estimate of drug-likeness (QED) is 0.308. The Morgan fingerprint density at radius 3 is 2.42 bits per heavy atom. The van der Waals surface area contributed by atoms with E-state index >= 15 is 0 Å². The Balaban J connectivity index is 1.67. The fourth-order valence-corrected chi connectivity index (χ4v) is 4.38. The Morgan fingerprint density at radius 2 is 1.73 bits per heavy atom. The van der Waals surface area contributed by atoms with Crippen molar-refractivity contribution >= 4 is 39.5 Å². The lowest BCUT2D eigenvalue weighted by Crippen LogP contribution is -2.03. The molecule has 0 radical (unpaired) electrons. The molecule has 0 unspecified atom stereocenters. The van der Waals surface area contributed by atoms with E-state index < -0.39 is 0 Å². The second-order valence-corrected chi connectivity index (χ2v) is 8.72. The molecule has 0 aliphatic heterocycles. The molecule has 1 aromatic heterocycles. The second-order valence-electron chi connectivity index (χ2n) is 5.81. The maximum absolute atomic E-state index is 4.41. The van der Waals surface area contributed by atoms with E-state index in [9.17, 15) is 0 Å². The van der Waals surface area contributed by atoms with Gasteiger partial charge in [0.25, 0.3) is 0 Å². The van der Waals surface area contributed by atoms with Crippen molar-refractivity contribution in [1.29, 1.82) is 0 Å². The Labute approximate surface area is 171 Å². The predicted molar refractivity (Wildman–Crippen MR) is 115 cm³/mol. The summed E-state index contributed by atoms with van der Waals surface area (Å²) in [5.41, 5.74) is 2.54. The van der Waals surface area contributed by atoms with Crippen LogP contribution in [-0.4, -0.2) is 14.8 Å². The minimum atomic E-state index is 0.722. The lowest BCUT2D eigenvalue weighted by Gasteiger charge is -2.08. The maximum Gasteiger partial charge on any atom is 0.191 e. The predicted octanol–water partition coefficient (Wildman–Crippen LogP) is 6.12. The molecule has 26 heavy (non-hydrogen) atoms. The van der Waals surface area contributed by atoms with Gasteiger partial charge in [-0.1, -0.05) is 63.6 Å². The first-order valence-electron chi connectivity index (χ1n) is 8.25. The summed E-state index contributed by atoms with van der Waals surface area (Å²) in [4.78, 5) is 1.24. The van der Waals surface area contributed by atoms with Crippen LogP contribution < -0.4 is 0 Å². The summed E-state index contributed by atoms with van der Waals surface area (Å²) in [5.74, 6) is 2.64. The van der Waals surface area contributed by atoms with Gasteiger partial charge in [-0.15, -0.1) is 28.5 Å². The highest BCUT2D eigenvalue weighted by Crippen LogP contribution is 2.27. The number of aryl methyl sites for hydroxylation is 1. The van der Waals surface area contributed by atoms with E-state index in [4.69, 9.17) is 0 Å². The van der Waals surface area contributed by atoms with Gasteiger partial charge in [-0.05, 0) is 36.8 Å². The number of aromatic nitrogens is 3. The third-order valence-electron chi connectivity index (χ3n) is 3.78. The number of allylic oxidation sites excluding steroid dienone is 1. The summed E-state index contributed by atoms with van der Waals surface area (Å²) in [6.07, 6.45) is 1.90. The fourth-order valence-electron chi connectivity index (χ4n) is 2.36. The SMILES string of the molecule is C=CCn1c(CSc2ccc(C)cc2)nnc1SCc1ccc(Br)cc1. The molecule has 0 amide bonds. The molecule has 3 rings (SSSR count). The number of hydrogen-bond acceptors (Lipinski definition) is 4. The van der Waals surface area contributed by atoms with Crippen molar-refractivity contribution in [3.05, 3.63) is 82.6 Å². The van der Waals surface area contributed by atoms with Crippen LogP contribution in [-0.2, 0) is 18.1 Å². The van der Waals surface area contributed by atoms with Crippen LogP contribution in [0.3, 0.4) is 0 Å². The van der Waals surface area contributed by atoms with E-state index in [1.165, 1.54) is 16.0 Å². The van der Waals surface area contributed by atoms with E-state index in [2.05, 4.69) is 92.7 Å². The highest BCUT2D eigenvalue weighted by Gasteiger charge is 2.12. The molecule has 0 atom stereocenters. The summed E-state index contributed by atoms with van der Waals surface area (Å²) >= 11 is 6.96. The van der Waals surface area contributed by atoms with Crippen LogP contribution in [0.1, 0.15) is 17.0 Å². The summed E-state index contributed by atoms with van der Waals surface area (Å²) in [7, 11) is 0. The van der Waals surface area contributed by atoms with Crippen molar-refractivity contribution in [2.45, 2.75) is 35.0 Å². The number of nitrogens with zero attached hydrogens (tertiary/aromatic N) is 3. The lowest BCUT2D eigenvalue weighted by molar-refractivity contribution is 0.700. The van der Waals surface area contributed by atoms with Gasteiger partial charge in [0.15, 0.2) is 5.16 Å². The van der Waals surface area contributed by atoms with Gasteiger partial charge in [0.05, 0.1) is 5.75 Å². The molecule has 0 bridgehead atoms. The Bertz CT molecular complexity index is 791. The van der Waals surface area contributed by atoms with Gasteiger partial charge in [0, 0.05) is 21.7 Å². The number of halogens is 1. The summed E-state index contributed by atoms with van der Waals surface area (Å²) in [5, 5.41) is 9.75. The van der Waals surface area contributed by atoms with Crippen LogP contribution in [0.15, 0.2) is 75.7 Å². The van der Waals surface area contributed by atoms with Crippen molar-refractivity contribution in [1.82, 2.24) is 14.8 Å². The average Bonchev–Trinajstić information content (AvgIpc) is 3.03. The third-order valence-corrected chi connectivity index (χ3v) is 6.35. The topological polar surface area (TPSA) is 30.7 Å². The van der Waals surface area contributed by atoms with Gasteiger partial charge < -0.3 is 4.57 Å². The van der Waals surface area contributed by atoms with Crippen LogP contribution in [0.25, 0.3) is 0 Å². The van der Waals surface area contributed by atoms with E-state index in [0.29, 0.717) is 0 Å². The van der Waals surface area contributed by atoms with Gasteiger partial charge in [-0.3, -0.25) is 0 Å². The zero-order valence-corrected chi connectivity index (χ0v) is 17.8. The number of hydrogen-bond donors (Lipinski definition) is 0. The third kappa shape index (κ3) is 5.25. The largest absolute Gasteiger partial charge is 0.301 e. The number of rotatable bonds is 8. The van der Waals surface area contributed by atoms with Crippen LogP contribution >= 0.6 is 39.5 Å². The van der Waals surface area contributed by atoms with Crippen molar-refractivity contribution < 1.29 is 0 Å². The first-order chi connectivity index (χ1) is 12.7. The summed E-state index contributed by atoms with van der Waals surface area (Å²) in [6, 6.07) is 16.9. The van der Waals surface area contributed by atoms with Crippen molar-refractivity contribution in [3.63, 3.8) is 0 Å². The minimum absolute atomic E-state index is 0.722. The summed E-state index contributed by atoms with van der Waals surface area (Å²) in [6.45, 7) is 6.70. The minimum Gasteiger partial charge on any atom is -0.301 e.